The second-order valence-electron chi connectivity index (χ2n) is 4.05. The molecule has 0 saturated carbocycles. The number of aromatic nitrogens is 1. The van der Waals surface area contributed by atoms with E-state index in [-0.39, 0.29) is 11.6 Å². The molecule has 6 nitrogen and oxygen atoms in total. The molecule has 0 aliphatic rings. The molecule has 0 unspecified atom stereocenters. The van der Waals surface area contributed by atoms with E-state index in [4.69, 9.17) is 11.1 Å². The highest BCUT2D eigenvalue weighted by Crippen LogP contribution is 2.20. The molecule has 2 rings (SSSR count). The van der Waals surface area contributed by atoms with Gasteiger partial charge in [-0.3, -0.25) is 4.79 Å². The van der Waals surface area contributed by atoms with Crippen LogP contribution in [0.1, 0.15) is 16.1 Å². The number of nitrogens with one attached hydrogen (secondary N) is 1. The zero-order valence-electron chi connectivity index (χ0n) is 10.9. The minimum Gasteiger partial charge on any atom is -0.309 e. The lowest BCUT2D eigenvalue weighted by Crippen LogP contribution is -2.28. The van der Waals surface area contributed by atoms with Crippen LogP contribution in [-0.2, 0) is 0 Å². The third-order valence-corrected chi connectivity index (χ3v) is 2.81. The Labute approximate surface area is 116 Å². The highest BCUT2D eigenvalue weighted by Gasteiger charge is 2.17. The van der Waals surface area contributed by atoms with Gasteiger partial charge < -0.3 is 10.3 Å². The second-order valence-corrected chi connectivity index (χ2v) is 4.05. The maximum Gasteiger partial charge on any atom is 0.276 e. The first-order valence-corrected chi connectivity index (χ1v) is 5.88. The Morgan fingerprint density at radius 3 is 2.75 bits per heavy atom. The minimum absolute atomic E-state index is 0.246. The molecule has 100 valence electrons. The van der Waals surface area contributed by atoms with Gasteiger partial charge in [-0.1, -0.05) is 18.2 Å². The summed E-state index contributed by atoms with van der Waals surface area (Å²) in [4.78, 5) is 17.8. The summed E-state index contributed by atoms with van der Waals surface area (Å²) >= 11 is 0. The summed E-state index contributed by atoms with van der Waals surface area (Å²) in [5.41, 5.74) is 3.60. The number of para-hydroxylation sites is 1. The number of hydrogen-bond donors (Lipinski definition) is 2. The van der Waals surface area contributed by atoms with Crippen LogP contribution in [0.25, 0.3) is 0 Å². The molecule has 0 saturated heterocycles. The molecule has 0 spiro atoms. The Morgan fingerprint density at radius 1 is 1.30 bits per heavy atom. The van der Waals surface area contributed by atoms with Crippen LogP contribution in [0.5, 0.6) is 0 Å². The first-order chi connectivity index (χ1) is 9.67. The summed E-state index contributed by atoms with van der Waals surface area (Å²) in [7, 11) is 1.60. The van der Waals surface area contributed by atoms with Gasteiger partial charge in [0.05, 0.1) is 11.3 Å². The lowest BCUT2D eigenvalue weighted by Gasteiger charge is -2.18. The van der Waals surface area contributed by atoms with Crippen LogP contribution in [-0.4, -0.2) is 17.9 Å². The van der Waals surface area contributed by atoms with E-state index in [1.807, 2.05) is 0 Å². The number of amides is 1. The van der Waals surface area contributed by atoms with Crippen molar-refractivity contribution in [3.8, 4) is 6.07 Å². The van der Waals surface area contributed by atoms with Gasteiger partial charge >= 0.3 is 0 Å². The fourth-order valence-corrected chi connectivity index (χ4v) is 1.78. The van der Waals surface area contributed by atoms with E-state index in [9.17, 15) is 4.79 Å². The van der Waals surface area contributed by atoms with Crippen LogP contribution in [0.4, 0.5) is 11.5 Å². The first kappa shape index (κ1) is 13.5. The maximum atomic E-state index is 12.4. The van der Waals surface area contributed by atoms with Crippen molar-refractivity contribution < 1.29 is 4.79 Å². The molecule has 1 aromatic carbocycles. The average molecular weight is 267 g/mol. The fraction of sp³-hybridized carbons (Fsp3) is 0.0714. The predicted octanol–water partition coefficient (Wildman–Crippen LogP) is 1.52. The molecule has 0 bridgehead atoms. The molecular formula is C14H13N5O. The molecular weight excluding hydrogens is 254 g/mol. The fourth-order valence-electron chi connectivity index (χ4n) is 1.78. The van der Waals surface area contributed by atoms with Crippen LogP contribution < -0.4 is 16.2 Å². The van der Waals surface area contributed by atoms with Gasteiger partial charge in [-0.05, 0) is 24.3 Å². The Morgan fingerprint density at radius 2 is 2.05 bits per heavy atom. The van der Waals surface area contributed by atoms with E-state index in [1.165, 1.54) is 4.90 Å². The largest absolute Gasteiger partial charge is 0.309 e. The zero-order valence-corrected chi connectivity index (χ0v) is 10.9. The number of carbonyl (C=O) groups excluding carboxylic acids is 1. The SMILES string of the molecule is CN(C(=O)c1cccc(NN)n1)c1ccccc1C#N. The van der Waals surface area contributed by atoms with Crippen molar-refractivity contribution in [1.29, 1.82) is 5.26 Å². The van der Waals surface area contributed by atoms with E-state index in [0.717, 1.165) is 0 Å². The minimum atomic E-state index is -0.315. The topological polar surface area (TPSA) is 95.0 Å². The number of nitrogens with zero attached hydrogens (tertiary/aromatic N) is 3. The number of benzene rings is 1. The first-order valence-electron chi connectivity index (χ1n) is 5.88. The van der Waals surface area contributed by atoms with Crippen molar-refractivity contribution in [3.63, 3.8) is 0 Å². The number of rotatable bonds is 3. The molecule has 1 aromatic heterocycles. The van der Waals surface area contributed by atoms with Gasteiger partial charge in [-0.15, -0.1) is 0 Å². The summed E-state index contributed by atoms with van der Waals surface area (Å²) in [6.45, 7) is 0. The van der Waals surface area contributed by atoms with E-state index in [2.05, 4.69) is 16.5 Å². The van der Waals surface area contributed by atoms with Gasteiger partial charge in [0.15, 0.2) is 0 Å². The number of pyridine rings is 1. The monoisotopic (exact) mass is 267 g/mol. The van der Waals surface area contributed by atoms with Crippen LogP contribution in [0.15, 0.2) is 42.5 Å². The molecule has 0 aliphatic carbocycles. The number of hydrogen-bond acceptors (Lipinski definition) is 5. The third kappa shape index (κ3) is 2.58. The lowest BCUT2D eigenvalue weighted by atomic mass is 10.1. The normalized spacial score (nSPS) is 9.65. The molecule has 0 aliphatic heterocycles. The maximum absolute atomic E-state index is 12.4. The Hall–Kier alpha value is -2.91. The Bertz CT molecular complexity index is 677. The molecule has 20 heavy (non-hydrogen) atoms. The number of nitrogen functional groups attached to an aromatic ring is 1. The van der Waals surface area contributed by atoms with Crippen molar-refractivity contribution in [1.82, 2.24) is 4.98 Å². The molecule has 1 amide bonds. The van der Waals surface area contributed by atoms with Crippen molar-refractivity contribution in [2.24, 2.45) is 5.84 Å². The van der Waals surface area contributed by atoms with E-state index >= 15 is 0 Å². The van der Waals surface area contributed by atoms with Gasteiger partial charge in [-0.25, -0.2) is 10.8 Å². The predicted molar refractivity (Wildman–Crippen MR) is 75.9 cm³/mol. The zero-order chi connectivity index (χ0) is 14.5. The van der Waals surface area contributed by atoms with Crippen LogP contribution >= 0.6 is 0 Å². The van der Waals surface area contributed by atoms with Gasteiger partial charge in [-0.2, -0.15) is 5.26 Å². The summed E-state index contributed by atoms with van der Waals surface area (Å²) < 4.78 is 0. The van der Waals surface area contributed by atoms with Crippen molar-refractivity contribution >= 4 is 17.4 Å². The molecule has 6 heteroatoms. The summed E-state index contributed by atoms with van der Waals surface area (Å²) in [6.07, 6.45) is 0. The molecule has 1 heterocycles. The van der Waals surface area contributed by atoms with E-state index < -0.39 is 0 Å². The number of nitriles is 1. The standard InChI is InChI=1S/C14H13N5O/c1-19(12-7-3-2-5-10(12)9-15)14(20)11-6-4-8-13(17-11)18-16/h2-8H,16H2,1H3,(H,17,18). The van der Waals surface area contributed by atoms with Gasteiger partial charge in [0.1, 0.15) is 17.6 Å². The Kier molecular flexibility index (Phi) is 3.93. The van der Waals surface area contributed by atoms with E-state index in [0.29, 0.717) is 17.1 Å². The number of carbonyl (C=O) groups is 1. The highest BCUT2D eigenvalue weighted by atomic mass is 16.2. The van der Waals surface area contributed by atoms with Crippen molar-refractivity contribution in [2.75, 3.05) is 17.4 Å². The highest BCUT2D eigenvalue weighted by molar-refractivity contribution is 6.05. The lowest BCUT2D eigenvalue weighted by molar-refractivity contribution is 0.0988. The van der Waals surface area contributed by atoms with Crippen LogP contribution in [0.2, 0.25) is 0 Å². The van der Waals surface area contributed by atoms with Crippen LogP contribution in [0.3, 0.4) is 0 Å². The molecule has 2 aromatic rings. The molecule has 3 N–H and O–H groups in total. The smallest absolute Gasteiger partial charge is 0.276 e. The van der Waals surface area contributed by atoms with Gasteiger partial charge in [0.25, 0.3) is 5.91 Å². The molecule has 0 fully saturated rings. The Balaban J connectivity index is 2.35. The van der Waals surface area contributed by atoms with Crippen molar-refractivity contribution in [3.05, 3.63) is 53.7 Å². The molecule has 0 atom stereocenters. The quantitative estimate of drug-likeness (QED) is 0.649. The second kappa shape index (κ2) is 5.82. The van der Waals surface area contributed by atoms with Gasteiger partial charge in [0, 0.05) is 7.05 Å². The number of hydrazine groups is 1. The molecule has 0 radical (unpaired) electrons. The number of nitrogens with two attached hydrogens (primary N) is 1. The summed E-state index contributed by atoms with van der Waals surface area (Å²) in [5.74, 6) is 5.36. The third-order valence-electron chi connectivity index (χ3n) is 2.81. The summed E-state index contributed by atoms with van der Waals surface area (Å²) in [6, 6.07) is 13.9. The van der Waals surface area contributed by atoms with E-state index in [1.54, 1.807) is 49.5 Å². The average Bonchev–Trinajstić information content (AvgIpc) is 2.53. The summed E-state index contributed by atoms with van der Waals surface area (Å²) in [5, 5.41) is 9.07. The van der Waals surface area contributed by atoms with Crippen LogP contribution in [0, 0.1) is 11.3 Å². The van der Waals surface area contributed by atoms with Gasteiger partial charge in [0.2, 0.25) is 0 Å². The number of anilines is 2. The van der Waals surface area contributed by atoms with Crippen molar-refractivity contribution in [2.45, 2.75) is 0 Å².